The van der Waals surface area contributed by atoms with Crippen LogP contribution in [0, 0.1) is 11.3 Å². The Morgan fingerprint density at radius 2 is 1.68 bits per heavy atom. The number of para-hydroxylation sites is 1. The van der Waals surface area contributed by atoms with E-state index in [4.69, 9.17) is 5.26 Å². The maximum Gasteiger partial charge on any atom is 0.295 e. The van der Waals surface area contributed by atoms with E-state index in [-0.39, 0.29) is 22.3 Å². The Labute approximate surface area is 160 Å². The monoisotopic (exact) mass is 395 g/mol. The molecule has 0 amide bonds. The average Bonchev–Trinajstić information content (AvgIpc) is 2.69. The SMILES string of the molecule is N#C/C(N=Nc1c(O)cc(S(=O)(=O)O)c2ccccc12)=N/Nc1ccccc1. The number of phenols is 1. The zero-order valence-corrected chi connectivity index (χ0v) is 15.0. The van der Waals surface area contributed by atoms with E-state index >= 15 is 0 Å². The van der Waals surface area contributed by atoms with E-state index in [2.05, 4.69) is 20.8 Å². The molecule has 0 fully saturated rings. The van der Waals surface area contributed by atoms with Crippen molar-refractivity contribution in [1.29, 1.82) is 5.26 Å². The quantitative estimate of drug-likeness (QED) is 0.201. The number of nitriles is 1. The van der Waals surface area contributed by atoms with Crippen molar-refractivity contribution in [3.63, 3.8) is 0 Å². The van der Waals surface area contributed by atoms with E-state index in [1.165, 1.54) is 12.1 Å². The van der Waals surface area contributed by atoms with E-state index in [9.17, 15) is 18.1 Å². The molecule has 0 saturated carbocycles. The largest absolute Gasteiger partial charge is 0.506 e. The topological polar surface area (TPSA) is 148 Å². The highest BCUT2D eigenvalue weighted by molar-refractivity contribution is 7.86. The maximum atomic E-state index is 11.6. The summed E-state index contributed by atoms with van der Waals surface area (Å²) in [7, 11) is -4.56. The fraction of sp³-hybridized carbons (Fsp3) is 0. The van der Waals surface area contributed by atoms with Gasteiger partial charge >= 0.3 is 0 Å². The third kappa shape index (κ3) is 4.12. The van der Waals surface area contributed by atoms with Gasteiger partial charge in [0.2, 0.25) is 0 Å². The Hall–Kier alpha value is -3.81. The first-order valence-electron chi connectivity index (χ1n) is 7.83. The molecule has 3 aromatic carbocycles. The highest BCUT2D eigenvalue weighted by atomic mass is 32.2. The van der Waals surface area contributed by atoms with Gasteiger partial charge in [0.15, 0.2) is 0 Å². The molecule has 0 aliphatic rings. The number of azo groups is 1. The van der Waals surface area contributed by atoms with Crippen molar-refractivity contribution in [3.8, 4) is 11.8 Å². The van der Waals surface area contributed by atoms with Crippen LogP contribution < -0.4 is 5.43 Å². The predicted octanol–water partition coefficient (Wildman–Crippen LogP) is 3.82. The molecule has 0 heterocycles. The third-order valence-electron chi connectivity index (χ3n) is 3.65. The maximum absolute atomic E-state index is 11.6. The first-order chi connectivity index (χ1) is 13.4. The van der Waals surface area contributed by atoms with Crippen molar-refractivity contribution in [2.24, 2.45) is 15.3 Å². The Kier molecular flexibility index (Phi) is 5.30. The van der Waals surface area contributed by atoms with Crippen LogP contribution in [0.3, 0.4) is 0 Å². The Bertz CT molecular complexity index is 1230. The molecule has 0 aromatic heterocycles. The van der Waals surface area contributed by atoms with Gasteiger partial charge in [-0.15, -0.1) is 15.3 Å². The summed E-state index contributed by atoms with van der Waals surface area (Å²) in [6.07, 6.45) is 0. The number of fused-ring (bicyclic) bond motifs is 1. The summed E-state index contributed by atoms with van der Waals surface area (Å²) < 4.78 is 32.5. The molecule has 0 bridgehead atoms. The normalized spacial score (nSPS) is 12.2. The van der Waals surface area contributed by atoms with Crippen LogP contribution >= 0.6 is 0 Å². The van der Waals surface area contributed by atoms with Gasteiger partial charge in [0, 0.05) is 16.8 Å². The molecule has 0 atom stereocenters. The lowest BCUT2D eigenvalue weighted by Gasteiger charge is -2.08. The standard InChI is InChI=1S/C18H13N5O4S/c19-11-17(21-20-12-6-2-1-3-7-12)22-23-18-14-9-5-4-8-13(14)16(10-15(18)24)28(25,26)27/h1-10,20,24H,(H,25,26,27)/b21-17-,23-22?. The van der Waals surface area contributed by atoms with Crippen LogP contribution in [0.1, 0.15) is 0 Å². The van der Waals surface area contributed by atoms with Crippen LogP contribution in [0.25, 0.3) is 10.8 Å². The van der Waals surface area contributed by atoms with E-state index < -0.39 is 20.8 Å². The number of hydrogen-bond acceptors (Lipinski definition) is 7. The number of hydrazone groups is 1. The highest BCUT2D eigenvalue weighted by Crippen LogP contribution is 2.39. The first kappa shape index (κ1) is 19.0. The molecule has 3 rings (SSSR count). The van der Waals surface area contributed by atoms with Crippen LogP contribution in [0.5, 0.6) is 5.75 Å². The minimum absolute atomic E-state index is 0.0642. The third-order valence-corrected chi connectivity index (χ3v) is 4.54. The second kappa shape index (κ2) is 7.83. The van der Waals surface area contributed by atoms with Gasteiger partial charge in [0.05, 0.1) is 5.69 Å². The zero-order chi connectivity index (χ0) is 20.1. The molecule has 3 aromatic rings. The molecule has 10 heteroatoms. The molecule has 28 heavy (non-hydrogen) atoms. The minimum atomic E-state index is -4.56. The zero-order valence-electron chi connectivity index (χ0n) is 14.2. The fourth-order valence-corrected chi connectivity index (χ4v) is 3.14. The van der Waals surface area contributed by atoms with Gasteiger partial charge < -0.3 is 5.11 Å². The number of rotatable bonds is 4. The van der Waals surface area contributed by atoms with Crippen LogP contribution in [-0.4, -0.2) is 23.9 Å². The van der Waals surface area contributed by atoms with Crippen molar-refractivity contribution >= 4 is 38.1 Å². The van der Waals surface area contributed by atoms with Crippen molar-refractivity contribution in [2.45, 2.75) is 4.90 Å². The number of amidine groups is 1. The number of phenolic OH excluding ortho intramolecular Hbond substituents is 1. The second-order valence-electron chi connectivity index (χ2n) is 5.49. The van der Waals surface area contributed by atoms with Crippen molar-refractivity contribution in [3.05, 3.63) is 60.7 Å². The van der Waals surface area contributed by atoms with Crippen LogP contribution in [-0.2, 0) is 10.1 Å². The smallest absolute Gasteiger partial charge is 0.295 e. The molecule has 0 aliphatic heterocycles. The molecule has 0 unspecified atom stereocenters. The first-order valence-corrected chi connectivity index (χ1v) is 9.27. The van der Waals surface area contributed by atoms with Gasteiger partial charge in [-0.25, -0.2) is 0 Å². The summed E-state index contributed by atoms with van der Waals surface area (Å²) in [5.74, 6) is -0.838. The van der Waals surface area contributed by atoms with Gasteiger partial charge in [0.1, 0.15) is 22.4 Å². The fourth-order valence-electron chi connectivity index (χ4n) is 2.43. The van der Waals surface area contributed by atoms with Gasteiger partial charge in [-0.3, -0.25) is 9.98 Å². The molecule has 3 N–H and O–H groups in total. The van der Waals surface area contributed by atoms with E-state index in [0.29, 0.717) is 5.69 Å². The van der Waals surface area contributed by atoms with E-state index in [1.54, 1.807) is 42.5 Å². The summed E-state index contributed by atoms with van der Waals surface area (Å²) in [5, 5.41) is 31.1. The number of nitrogens with zero attached hydrogens (tertiary/aromatic N) is 4. The van der Waals surface area contributed by atoms with Gasteiger partial charge in [-0.05, 0) is 12.1 Å². The molecule has 0 saturated heterocycles. The van der Waals surface area contributed by atoms with Gasteiger partial charge in [-0.2, -0.15) is 13.7 Å². The number of hydrogen-bond donors (Lipinski definition) is 3. The lowest BCUT2D eigenvalue weighted by atomic mass is 10.1. The molecular formula is C18H13N5O4S. The molecule has 0 radical (unpaired) electrons. The lowest BCUT2D eigenvalue weighted by molar-refractivity contribution is 0.468. The van der Waals surface area contributed by atoms with Crippen LogP contribution in [0.2, 0.25) is 0 Å². The Balaban J connectivity index is 2.02. The summed E-state index contributed by atoms with van der Waals surface area (Å²) in [5.41, 5.74) is 3.22. The highest BCUT2D eigenvalue weighted by Gasteiger charge is 2.19. The lowest BCUT2D eigenvalue weighted by Crippen LogP contribution is -1.99. The van der Waals surface area contributed by atoms with Gasteiger partial charge in [-0.1, -0.05) is 42.5 Å². The summed E-state index contributed by atoms with van der Waals surface area (Å²) >= 11 is 0. The summed E-state index contributed by atoms with van der Waals surface area (Å²) in [6.45, 7) is 0. The number of nitrogens with one attached hydrogen (secondary N) is 1. The Morgan fingerprint density at radius 3 is 2.32 bits per heavy atom. The number of anilines is 1. The summed E-state index contributed by atoms with van der Waals surface area (Å²) in [4.78, 5) is -0.459. The molecule has 0 spiro atoms. The molecule has 9 nitrogen and oxygen atoms in total. The van der Waals surface area contributed by atoms with Crippen LogP contribution in [0.15, 0.2) is 80.9 Å². The molecule has 0 aliphatic carbocycles. The van der Waals surface area contributed by atoms with Crippen molar-refractivity contribution in [1.82, 2.24) is 0 Å². The van der Waals surface area contributed by atoms with E-state index in [1.807, 2.05) is 6.07 Å². The Morgan fingerprint density at radius 1 is 1.04 bits per heavy atom. The van der Waals surface area contributed by atoms with Gasteiger partial charge in [0.25, 0.3) is 16.0 Å². The van der Waals surface area contributed by atoms with Crippen molar-refractivity contribution < 1.29 is 18.1 Å². The molecular weight excluding hydrogens is 382 g/mol. The second-order valence-corrected chi connectivity index (χ2v) is 6.88. The molecule has 140 valence electrons. The van der Waals surface area contributed by atoms with E-state index in [0.717, 1.165) is 6.07 Å². The minimum Gasteiger partial charge on any atom is -0.506 e. The summed E-state index contributed by atoms with van der Waals surface area (Å²) in [6, 6.07) is 17.6. The predicted molar refractivity (Wildman–Crippen MR) is 103 cm³/mol. The van der Waals surface area contributed by atoms with Crippen molar-refractivity contribution in [2.75, 3.05) is 5.43 Å². The van der Waals surface area contributed by atoms with Crippen LogP contribution in [0.4, 0.5) is 11.4 Å². The number of benzene rings is 3. The average molecular weight is 395 g/mol. The number of aromatic hydroxyl groups is 1.